The van der Waals surface area contributed by atoms with Crippen molar-refractivity contribution in [3.8, 4) is 5.75 Å². The molecule has 1 fully saturated rings. The lowest BCUT2D eigenvalue weighted by Gasteiger charge is -2.21. The van der Waals surface area contributed by atoms with E-state index in [-0.39, 0.29) is 24.4 Å². The topological polar surface area (TPSA) is 55.6 Å². The summed E-state index contributed by atoms with van der Waals surface area (Å²) >= 11 is 5.81. The summed E-state index contributed by atoms with van der Waals surface area (Å²) in [5.74, 6) is 1.26. The Morgan fingerprint density at radius 3 is 2.64 bits per heavy atom. The average molecular weight is 347 g/mol. The van der Waals surface area contributed by atoms with E-state index in [0.717, 1.165) is 25.0 Å². The molecule has 1 saturated carbocycles. The summed E-state index contributed by atoms with van der Waals surface area (Å²) in [7, 11) is 1.81. The van der Waals surface area contributed by atoms with Crippen molar-refractivity contribution in [3.05, 3.63) is 29.3 Å². The fourth-order valence-electron chi connectivity index (χ4n) is 2.66. The number of nitrogens with two attached hydrogens (primary N) is 1. The zero-order valence-electron chi connectivity index (χ0n) is 12.8. The van der Waals surface area contributed by atoms with Gasteiger partial charge in [-0.3, -0.25) is 4.79 Å². The van der Waals surface area contributed by atoms with E-state index in [1.165, 1.54) is 0 Å². The molecular weight excluding hydrogens is 323 g/mol. The van der Waals surface area contributed by atoms with Crippen LogP contribution >= 0.6 is 24.0 Å². The van der Waals surface area contributed by atoms with E-state index in [2.05, 4.69) is 0 Å². The van der Waals surface area contributed by atoms with Crippen molar-refractivity contribution in [1.82, 2.24) is 4.90 Å². The summed E-state index contributed by atoms with van der Waals surface area (Å²) in [5, 5.41) is 0.683. The Balaban J connectivity index is 0.00000242. The predicted molar refractivity (Wildman–Crippen MR) is 91.8 cm³/mol. The van der Waals surface area contributed by atoms with Gasteiger partial charge in [-0.05, 0) is 43.0 Å². The van der Waals surface area contributed by atoms with Crippen LogP contribution in [0.1, 0.15) is 25.7 Å². The normalized spacial score (nSPS) is 20.3. The number of nitrogens with zero attached hydrogens (tertiary/aromatic N) is 1. The molecule has 1 aromatic carbocycles. The highest BCUT2D eigenvalue weighted by atomic mass is 35.5. The van der Waals surface area contributed by atoms with Crippen molar-refractivity contribution in [2.75, 3.05) is 20.2 Å². The molecular formula is C16H24Cl2N2O2. The molecule has 0 saturated heterocycles. The number of hydrogen-bond acceptors (Lipinski definition) is 3. The zero-order chi connectivity index (χ0) is 15.2. The second kappa shape index (κ2) is 9.23. The van der Waals surface area contributed by atoms with E-state index in [9.17, 15) is 4.79 Å². The molecule has 1 aromatic rings. The number of hydrogen-bond donors (Lipinski definition) is 1. The molecule has 1 aliphatic carbocycles. The molecule has 0 radical (unpaired) electrons. The Labute approximate surface area is 143 Å². The number of carbonyl (C=O) groups excluding carboxylic acids is 1. The molecule has 2 atom stereocenters. The Morgan fingerprint density at radius 2 is 2.05 bits per heavy atom. The Hall–Kier alpha value is -0.970. The second-order valence-corrected chi connectivity index (χ2v) is 6.11. The van der Waals surface area contributed by atoms with Crippen LogP contribution in [-0.4, -0.2) is 37.0 Å². The number of ether oxygens (including phenoxy) is 1. The third kappa shape index (κ3) is 5.67. The van der Waals surface area contributed by atoms with E-state index >= 15 is 0 Å². The molecule has 22 heavy (non-hydrogen) atoms. The van der Waals surface area contributed by atoms with Crippen molar-refractivity contribution in [2.24, 2.45) is 11.7 Å². The van der Waals surface area contributed by atoms with E-state index in [0.29, 0.717) is 30.5 Å². The molecule has 1 amide bonds. The minimum atomic E-state index is 0. The van der Waals surface area contributed by atoms with Crippen LogP contribution in [0.25, 0.3) is 0 Å². The maximum atomic E-state index is 12.1. The van der Waals surface area contributed by atoms with E-state index < -0.39 is 0 Å². The number of carbonyl (C=O) groups is 1. The first-order chi connectivity index (χ1) is 10.1. The maximum absolute atomic E-state index is 12.1. The largest absolute Gasteiger partial charge is 0.492 e. The van der Waals surface area contributed by atoms with Crippen LogP contribution in [0.2, 0.25) is 5.02 Å². The van der Waals surface area contributed by atoms with Crippen LogP contribution in [0.4, 0.5) is 0 Å². The van der Waals surface area contributed by atoms with Crippen LogP contribution in [0.3, 0.4) is 0 Å². The van der Waals surface area contributed by atoms with Gasteiger partial charge in [-0.1, -0.05) is 18.0 Å². The van der Waals surface area contributed by atoms with Crippen LogP contribution in [0.15, 0.2) is 24.3 Å². The molecule has 0 aromatic heterocycles. The molecule has 0 spiro atoms. The van der Waals surface area contributed by atoms with Crippen molar-refractivity contribution in [1.29, 1.82) is 0 Å². The smallest absolute Gasteiger partial charge is 0.222 e. The monoisotopic (exact) mass is 346 g/mol. The van der Waals surface area contributed by atoms with Crippen molar-refractivity contribution in [2.45, 2.75) is 31.7 Å². The van der Waals surface area contributed by atoms with Gasteiger partial charge >= 0.3 is 0 Å². The quantitative estimate of drug-likeness (QED) is 0.860. The lowest BCUT2D eigenvalue weighted by molar-refractivity contribution is -0.131. The SMILES string of the molecule is CN(CCOc1ccc(Cl)cc1)C(=O)C[C@@H]1CCC[C@H]1N.Cl. The molecule has 124 valence electrons. The Kier molecular flexibility index (Phi) is 8.01. The highest BCUT2D eigenvalue weighted by Crippen LogP contribution is 2.27. The van der Waals surface area contributed by atoms with Crippen molar-refractivity contribution >= 4 is 29.9 Å². The molecule has 0 bridgehead atoms. The third-order valence-corrected chi connectivity index (χ3v) is 4.34. The van der Waals surface area contributed by atoms with Gasteiger partial charge in [0.2, 0.25) is 5.91 Å². The highest BCUT2D eigenvalue weighted by molar-refractivity contribution is 6.30. The van der Waals surface area contributed by atoms with Gasteiger partial charge in [-0.25, -0.2) is 0 Å². The Morgan fingerprint density at radius 1 is 1.36 bits per heavy atom. The first kappa shape index (κ1) is 19.1. The minimum Gasteiger partial charge on any atom is -0.492 e. The summed E-state index contributed by atoms with van der Waals surface area (Å²) in [4.78, 5) is 13.9. The number of rotatable bonds is 6. The average Bonchev–Trinajstić information content (AvgIpc) is 2.86. The molecule has 2 N–H and O–H groups in total. The maximum Gasteiger partial charge on any atom is 0.222 e. The van der Waals surface area contributed by atoms with Gasteiger partial charge in [-0.2, -0.15) is 0 Å². The number of halogens is 2. The molecule has 0 heterocycles. The van der Waals surface area contributed by atoms with Crippen LogP contribution in [0.5, 0.6) is 5.75 Å². The van der Waals surface area contributed by atoms with Crippen molar-refractivity contribution < 1.29 is 9.53 Å². The summed E-state index contributed by atoms with van der Waals surface area (Å²) in [6.07, 6.45) is 3.81. The van der Waals surface area contributed by atoms with Gasteiger partial charge in [0.1, 0.15) is 12.4 Å². The fourth-order valence-corrected chi connectivity index (χ4v) is 2.78. The summed E-state index contributed by atoms with van der Waals surface area (Å²) < 4.78 is 5.60. The van der Waals surface area contributed by atoms with Crippen molar-refractivity contribution in [3.63, 3.8) is 0 Å². The molecule has 4 nitrogen and oxygen atoms in total. The number of likely N-dealkylation sites (N-methyl/N-ethyl adjacent to an activating group) is 1. The van der Waals surface area contributed by atoms with E-state index in [1.54, 1.807) is 17.0 Å². The van der Waals surface area contributed by atoms with Gasteiger partial charge in [0.25, 0.3) is 0 Å². The van der Waals surface area contributed by atoms with Gasteiger partial charge in [0.15, 0.2) is 0 Å². The lowest BCUT2D eigenvalue weighted by atomic mass is 9.99. The first-order valence-corrected chi connectivity index (χ1v) is 7.82. The number of amides is 1. The molecule has 2 rings (SSSR count). The van der Waals surface area contributed by atoms with Gasteiger partial charge in [-0.15, -0.1) is 12.4 Å². The minimum absolute atomic E-state index is 0. The second-order valence-electron chi connectivity index (χ2n) is 5.68. The third-order valence-electron chi connectivity index (χ3n) is 4.09. The van der Waals surface area contributed by atoms with E-state index in [1.807, 2.05) is 19.2 Å². The van der Waals surface area contributed by atoms with Crippen LogP contribution < -0.4 is 10.5 Å². The summed E-state index contributed by atoms with van der Waals surface area (Å²) in [5.41, 5.74) is 6.01. The standard InChI is InChI=1S/C16H23ClN2O2.ClH/c1-19(16(20)11-12-3-2-4-15(12)18)9-10-21-14-7-5-13(17)6-8-14;/h5-8,12,15H,2-4,9-11,18H2,1H3;1H/t12-,15+;/m0./s1. The molecule has 6 heteroatoms. The first-order valence-electron chi connectivity index (χ1n) is 7.44. The van der Waals surface area contributed by atoms with E-state index in [4.69, 9.17) is 22.1 Å². The summed E-state index contributed by atoms with van der Waals surface area (Å²) in [6, 6.07) is 7.40. The van der Waals surface area contributed by atoms with Crippen LogP contribution in [0, 0.1) is 5.92 Å². The van der Waals surface area contributed by atoms with Crippen LogP contribution in [-0.2, 0) is 4.79 Å². The Bertz CT molecular complexity index is 468. The van der Waals surface area contributed by atoms with Gasteiger partial charge in [0, 0.05) is 24.5 Å². The molecule has 0 aliphatic heterocycles. The predicted octanol–water partition coefficient (Wildman–Crippen LogP) is 3.12. The molecule has 1 aliphatic rings. The lowest BCUT2D eigenvalue weighted by Crippen LogP contribution is -2.35. The zero-order valence-corrected chi connectivity index (χ0v) is 14.4. The van der Waals surface area contributed by atoms with Gasteiger partial charge < -0.3 is 15.4 Å². The number of benzene rings is 1. The molecule has 0 unspecified atom stereocenters. The highest BCUT2D eigenvalue weighted by Gasteiger charge is 2.27. The fraction of sp³-hybridized carbons (Fsp3) is 0.562. The van der Waals surface area contributed by atoms with Gasteiger partial charge in [0.05, 0.1) is 6.54 Å². The summed E-state index contributed by atoms with van der Waals surface area (Å²) in [6.45, 7) is 1.05.